The Bertz CT molecular complexity index is 759. The lowest BCUT2D eigenvalue weighted by Gasteiger charge is -2.13. The van der Waals surface area contributed by atoms with Crippen molar-refractivity contribution >= 4 is 17.6 Å². The first-order valence-corrected chi connectivity index (χ1v) is 8.15. The van der Waals surface area contributed by atoms with Gasteiger partial charge in [0, 0.05) is 35.8 Å². The molecule has 2 rings (SSSR count). The molecule has 25 heavy (non-hydrogen) atoms. The van der Waals surface area contributed by atoms with Gasteiger partial charge in [0.1, 0.15) is 0 Å². The van der Waals surface area contributed by atoms with E-state index < -0.39 is 0 Å². The largest absolute Gasteiger partial charge is 0.466 e. The summed E-state index contributed by atoms with van der Waals surface area (Å²) >= 11 is 0. The van der Waals surface area contributed by atoms with Crippen molar-refractivity contribution in [2.24, 2.45) is 0 Å². The summed E-state index contributed by atoms with van der Waals surface area (Å²) in [6.45, 7) is 4.81. The molecule has 0 aliphatic carbocycles. The van der Waals surface area contributed by atoms with E-state index in [9.17, 15) is 9.59 Å². The van der Waals surface area contributed by atoms with E-state index in [1.54, 1.807) is 31.5 Å². The molecule has 0 amide bonds. The molecule has 0 atom stereocenters. The van der Waals surface area contributed by atoms with Crippen molar-refractivity contribution in [3.63, 3.8) is 0 Å². The van der Waals surface area contributed by atoms with Crippen molar-refractivity contribution < 1.29 is 19.1 Å². The maximum Gasteiger partial charge on any atom is 0.337 e. The molecule has 0 saturated heterocycles. The van der Waals surface area contributed by atoms with E-state index in [0.29, 0.717) is 18.7 Å². The minimum absolute atomic E-state index is 0.172. The number of anilines is 1. The molecule has 0 aliphatic rings. The number of carbonyl (C=O) groups excluding carboxylic acids is 2. The number of ether oxygens (including phenoxy) is 2. The zero-order chi connectivity index (χ0) is 18.2. The van der Waals surface area contributed by atoms with Crippen molar-refractivity contribution in [2.45, 2.75) is 20.3 Å². The molecule has 132 valence electrons. The van der Waals surface area contributed by atoms with Crippen molar-refractivity contribution in [2.75, 3.05) is 25.6 Å². The molecule has 0 bridgehead atoms. The Hall–Kier alpha value is -2.89. The monoisotopic (exact) mass is 342 g/mol. The van der Waals surface area contributed by atoms with E-state index in [2.05, 4.69) is 10.3 Å². The van der Waals surface area contributed by atoms with Crippen molar-refractivity contribution in [1.29, 1.82) is 0 Å². The molecule has 2 aromatic rings. The summed E-state index contributed by atoms with van der Waals surface area (Å²) in [5, 5.41) is 3.25. The first-order chi connectivity index (χ1) is 12.1. The number of carbonyl (C=O) groups is 2. The Morgan fingerprint density at radius 2 is 1.96 bits per heavy atom. The molecule has 0 radical (unpaired) electrons. The van der Waals surface area contributed by atoms with Crippen LogP contribution in [-0.2, 0) is 20.7 Å². The highest BCUT2D eigenvalue weighted by molar-refractivity contribution is 5.93. The first kappa shape index (κ1) is 18.4. The second-order valence-corrected chi connectivity index (χ2v) is 5.35. The van der Waals surface area contributed by atoms with Crippen LogP contribution in [0.25, 0.3) is 11.1 Å². The van der Waals surface area contributed by atoms with E-state index in [1.165, 1.54) is 7.11 Å². The predicted molar refractivity (Wildman–Crippen MR) is 95.5 cm³/mol. The zero-order valence-electron chi connectivity index (χ0n) is 14.7. The third-order valence-electron chi connectivity index (χ3n) is 3.57. The predicted octanol–water partition coefficient (Wildman–Crippen LogP) is 3.07. The van der Waals surface area contributed by atoms with Gasteiger partial charge in [-0.05, 0) is 37.6 Å². The second-order valence-electron chi connectivity index (χ2n) is 5.35. The van der Waals surface area contributed by atoms with Crippen LogP contribution in [0.3, 0.4) is 0 Å². The fourth-order valence-corrected chi connectivity index (χ4v) is 2.49. The fraction of sp³-hybridized carbons (Fsp3) is 0.316. The molecule has 6 nitrogen and oxygen atoms in total. The molecule has 1 heterocycles. The van der Waals surface area contributed by atoms with Gasteiger partial charge >= 0.3 is 11.9 Å². The van der Waals surface area contributed by atoms with Crippen LogP contribution in [0.2, 0.25) is 0 Å². The molecule has 1 N–H and O–H groups in total. The smallest absolute Gasteiger partial charge is 0.337 e. The Morgan fingerprint density at radius 3 is 2.64 bits per heavy atom. The molecule has 1 aromatic heterocycles. The lowest BCUT2D eigenvalue weighted by Crippen LogP contribution is -2.08. The zero-order valence-corrected chi connectivity index (χ0v) is 14.7. The normalized spacial score (nSPS) is 10.2. The van der Waals surface area contributed by atoms with Gasteiger partial charge in [0.15, 0.2) is 0 Å². The van der Waals surface area contributed by atoms with Gasteiger partial charge in [-0.1, -0.05) is 6.07 Å². The Balaban J connectivity index is 2.36. The van der Waals surface area contributed by atoms with Crippen molar-refractivity contribution in [1.82, 2.24) is 4.98 Å². The van der Waals surface area contributed by atoms with Gasteiger partial charge in [-0.2, -0.15) is 0 Å². The summed E-state index contributed by atoms with van der Waals surface area (Å²) in [5.74, 6) is -0.672. The number of methoxy groups -OCH3 is 1. The number of nitrogens with one attached hydrogen (secondary N) is 1. The van der Waals surface area contributed by atoms with Gasteiger partial charge in [0.2, 0.25) is 0 Å². The summed E-state index contributed by atoms with van der Waals surface area (Å²) in [6.07, 6.45) is 3.55. The van der Waals surface area contributed by atoms with Crippen LogP contribution < -0.4 is 5.32 Å². The first-order valence-electron chi connectivity index (χ1n) is 8.15. The third kappa shape index (κ3) is 4.79. The molecule has 0 fully saturated rings. The van der Waals surface area contributed by atoms with E-state index in [4.69, 9.17) is 9.47 Å². The lowest BCUT2D eigenvalue weighted by atomic mass is 10.0. The Morgan fingerprint density at radius 1 is 1.16 bits per heavy atom. The number of benzene rings is 1. The molecule has 0 unspecified atom stereocenters. The maximum absolute atomic E-state index is 11.7. The quantitative estimate of drug-likeness (QED) is 0.779. The number of hydrogen-bond donors (Lipinski definition) is 1. The van der Waals surface area contributed by atoms with Gasteiger partial charge in [0.05, 0.1) is 25.7 Å². The van der Waals surface area contributed by atoms with Gasteiger partial charge in [-0.25, -0.2) is 4.79 Å². The number of hydrogen-bond acceptors (Lipinski definition) is 6. The SMILES string of the molecule is CCNc1cc(C(=O)OC)ccc1-c1cncc(CC(=O)OCC)c1. The molecule has 0 spiro atoms. The number of esters is 2. The molecule has 1 aromatic carbocycles. The number of nitrogens with zero attached hydrogens (tertiary/aromatic N) is 1. The van der Waals surface area contributed by atoms with E-state index in [-0.39, 0.29) is 18.4 Å². The second kappa shape index (κ2) is 8.82. The van der Waals surface area contributed by atoms with Crippen molar-refractivity contribution in [3.8, 4) is 11.1 Å². The average molecular weight is 342 g/mol. The van der Waals surface area contributed by atoms with Crippen LogP contribution in [0.1, 0.15) is 29.8 Å². The maximum atomic E-state index is 11.7. The molecular formula is C19H22N2O4. The van der Waals surface area contributed by atoms with Gasteiger partial charge in [0.25, 0.3) is 0 Å². The van der Waals surface area contributed by atoms with Gasteiger partial charge < -0.3 is 14.8 Å². The molecular weight excluding hydrogens is 320 g/mol. The lowest BCUT2D eigenvalue weighted by molar-refractivity contribution is -0.142. The average Bonchev–Trinajstić information content (AvgIpc) is 2.61. The van der Waals surface area contributed by atoms with Crippen LogP contribution in [-0.4, -0.2) is 37.2 Å². The highest BCUT2D eigenvalue weighted by Gasteiger charge is 2.12. The highest BCUT2D eigenvalue weighted by atomic mass is 16.5. The standard InChI is InChI=1S/C19H22N2O4/c1-4-21-17-10-14(19(23)24-3)6-7-16(17)15-8-13(11-20-12-15)9-18(22)25-5-2/h6-8,10-12,21H,4-5,9H2,1-3H3. The molecule has 0 saturated carbocycles. The van der Waals surface area contributed by atoms with Gasteiger partial charge in [-0.15, -0.1) is 0 Å². The van der Waals surface area contributed by atoms with E-state index >= 15 is 0 Å². The summed E-state index contributed by atoms with van der Waals surface area (Å²) in [6, 6.07) is 7.20. The van der Waals surface area contributed by atoms with Gasteiger partial charge in [-0.3, -0.25) is 9.78 Å². The molecule has 6 heteroatoms. The van der Waals surface area contributed by atoms with Crippen molar-refractivity contribution in [3.05, 3.63) is 47.8 Å². The van der Waals surface area contributed by atoms with E-state index in [0.717, 1.165) is 22.4 Å². The third-order valence-corrected chi connectivity index (χ3v) is 3.57. The summed E-state index contributed by atoms with van der Waals surface area (Å²) in [7, 11) is 1.35. The molecule has 0 aliphatic heterocycles. The minimum Gasteiger partial charge on any atom is -0.466 e. The summed E-state index contributed by atoms with van der Waals surface area (Å²) in [5.41, 5.74) is 3.80. The topological polar surface area (TPSA) is 77.5 Å². The van der Waals surface area contributed by atoms with Crippen LogP contribution >= 0.6 is 0 Å². The number of aromatic nitrogens is 1. The van der Waals surface area contributed by atoms with Crippen LogP contribution in [0.15, 0.2) is 36.7 Å². The Labute approximate surface area is 147 Å². The minimum atomic E-state index is -0.389. The highest BCUT2D eigenvalue weighted by Crippen LogP contribution is 2.29. The Kier molecular flexibility index (Phi) is 6.51. The van der Waals surface area contributed by atoms with E-state index in [1.807, 2.05) is 19.1 Å². The fourth-order valence-electron chi connectivity index (χ4n) is 2.49. The summed E-state index contributed by atoms with van der Waals surface area (Å²) in [4.78, 5) is 27.6. The van der Waals surface area contributed by atoms with Crippen LogP contribution in [0, 0.1) is 0 Å². The van der Waals surface area contributed by atoms with Crippen LogP contribution in [0.4, 0.5) is 5.69 Å². The number of pyridine rings is 1. The van der Waals surface area contributed by atoms with Crippen LogP contribution in [0.5, 0.6) is 0 Å². The number of rotatable bonds is 7. The summed E-state index contributed by atoms with van der Waals surface area (Å²) < 4.78 is 9.75.